The number of carbonyl (C=O) groups is 3. The van der Waals surface area contributed by atoms with Crippen LogP contribution in [0.5, 0.6) is 0 Å². The normalized spacial score (nSPS) is 13.6. The molecular weight excluding hydrogens is 386 g/mol. The van der Waals surface area contributed by atoms with Gasteiger partial charge in [0.1, 0.15) is 12.1 Å². The number of hydrogen-bond acceptors (Lipinski definition) is 5. The minimum absolute atomic E-state index is 0.0526. The van der Waals surface area contributed by atoms with E-state index in [-0.39, 0.29) is 13.0 Å². The van der Waals surface area contributed by atoms with Crippen LogP contribution in [0, 0.1) is 0 Å². The van der Waals surface area contributed by atoms with Crippen LogP contribution < -0.4 is 5.32 Å². The Labute approximate surface area is 186 Å². The Kier molecular flexibility index (Phi) is 11.8. The number of carbonyl (C=O) groups excluding carboxylic acids is 3. The van der Waals surface area contributed by atoms with Crippen LogP contribution >= 0.6 is 0 Å². The summed E-state index contributed by atoms with van der Waals surface area (Å²) < 4.78 is 33.2. The summed E-state index contributed by atoms with van der Waals surface area (Å²) in [6.45, 7) is 5.10. The summed E-state index contributed by atoms with van der Waals surface area (Å²) >= 11 is 0. The van der Waals surface area contributed by atoms with Crippen molar-refractivity contribution in [3.8, 4) is 0 Å². The molecule has 0 atom stereocenters. The molecule has 0 spiro atoms. The van der Waals surface area contributed by atoms with Gasteiger partial charge < -0.3 is 14.4 Å². The molecule has 0 saturated carbocycles. The van der Waals surface area contributed by atoms with E-state index in [4.69, 9.17) is 13.6 Å². The third-order valence-electron chi connectivity index (χ3n) is 3.95. The molecule has 0 aromatic carbocycles. The van der Waals surface area contributed by atoms with Crippen LogP contribution in [0.2, 0.25) is 0 Å². The zero-order valence-electron chi connectivity index (χ0n) is 22.2. The van der Waals surface area contributed by atoms with Gasteiger partial charge in [-0.2, -0.15) is 0 Å². The fourth-order valence-electron chi connectivity index (χ4n) is 2.54. The van der Waals surface area contributed by atoms with Crippen LogP contribution in [-0.4, -0.2) is 54.6 Å². The van der Waals surface area contributed by atoms with Gasteiger partial charge >= 0.3 is 12.1 Å². The molecule has 0 aliphatic carbocycles. The Bertz CT molecular complexity index is 646. The van der Waals surface area contributed by atoms with E-state index < -0.39 is 43.1 Å². The highest BCUT2D eigenvalue weighted by Gasteiger charge is 2.20. The topological polar surface area (TPSA) is 97.3 Å². The van der Waals surface area contributed by atoms with Crippen LogP contribution in [0.4, 0.5) is 4.79 Å². The summed E-state index contributed by atoms with van der Waals surface area (Å²) in [5.41, 5.74) is -0.876. The maximum Gasteiger partial charge on any atom is 0.437 e. The molecule has 0 rings (SSSR count). The molecule has 0 unspecified atom stereocenters. The van der Waals surface area contributed by atoms with Crippen molar-refractivity contribution in [3.05, 3.63) is 0 Å². The monoisotopic (exact) mass is 430 g/mol. The Morgan fingerprint density at radius 2 is 1.60 bits per heavy atom. The quantitative estimate of drug-likeness (QED) is 0.213. The Morgan fingerprint density at radius 3 is 2.13 bits per heavy atom. The first kappa shape index (κ1) is 22.6. The molecule has 8 heteroatoms. The van der Waals surface area contributed by atoms with E-state index in [0.29, 0.717) is 11.3 Å². The van der Waals surface area contributed by atoms with Crippen LogP contribution in [0.15, 0.2) is 4.99 Å². The van der Waals surface area contributed by atoms with Gasteiger partial charge in [-0.15, -0.1) is 4.99 Å². The number of guanidine groups is 1. The molecule has 2 amide bonds. The number of esters is 1. The number of unbranched alkanes of at least 4 members (excludes halogenated alkanes) is 7. The number of aliphatic imine (C=N–C) groups is 1. The van der Waals surface area contributed by atoms with Gasteiger partial charge in [-0.1, -0.05) is 51.9 Å². The Balaban J connectivity index is 5.24. The van der Waals surface area contributed by atoms with Crippen molar-refractivity contribution in [2.45, 2.75) is 98.0 Å². The molecule has 0 aliphatic heterocycles. The number of hydrogen-bond donors (Lipinski definition) is 1. The lowest BCUT2D eigenvalue weighted by Crippen LogP contribution is -2.45. The Morgan fingerprint density at radius 1 is 1.00 bits per heavy atom. The average molecular weight is 431 g/mol. The molecule has 0 heterocycles. The van der Waals surface area contributed by atoms with Crippen molar-refractivity contribution in [1.82, 2.24) is 10.2 Å². The second kappa shape index (κ2) is 15.7. The number of ether oxygens (including phenoxy) is 2. The van der Waals surface area contributed by atoms with Crippen molar-refractivity contribution < 1.29 is 28.0 Å². The highest BCUT2D eigenvalue weighted by atomic mass is 16.6. The number of rotatable bonds is 12. The lowest BCUT2D eigenvalue weighted by molar-refractivity contribution is -0.143. The maximum atomic E-state index is 12.5. The lowest BCUT2D eigenvalue weighted by Gasteiger charge is -2.22. The van der Waals surface area contributed by atoms with E-state index in [1.54, 1.807) is 27.7 Å². The molecule has 0 fully saturated rings. The smallest absolute Gasteiger partial charge is 0.437 e. The van der Waals surface area contributed by atoms with Gasteiger partial charge in [-0.05, 0) is 34.1 Å². The summed E-state index contributed by atoms with van der Waals surface area (Å²) in [5, 5.41) is 2.37. The molecule has 8 nitrogen and oxygen atoms in total. The molecule has 0 radical (unpaired) electrons. The van der Waals surface area contributed by atoms with Gasteiger partial charge in [-0.25, -0.2) is 4.79 Å². The third kappa shape index (κ3) is 15.8. The zero-order chi connectivity index (χ0) is 25.5. The van der Waals surface area contributed by atoms with Crippen LogP contribution in [0.25, 0.3) is 0 Å². The predicted molar refractivity (Wildman–Crippen MR) is 118 cm³/mol. The first-order chi connectivity index (χ1) is 15.3. The van der Waals surface area contributed by atoms with E-state index >= 15 is 0 Å². The molecule has 174 valence electrons. The van der Waals surface area contributed by atoms with Crippen molar-refractivity contribution in [3.63, 3.8) is 0 Å². The van der Waals surface area contributed by atoms with Crippen LogP contribution in [-0.2, 0) is 19.1 Å². The first-order valence-corrected chi connectivity index (χ1v) is 10.8. The van der Waals surface area contributed by atoms with Gasteiger partial charge in [0.2, 0.25) is 11.9 Å². The molecule has 0 aromatic rings. The maximum absolute atomic E-state index is 12.5. The average Bonchev–Trinajstić information content (AvgIpc) is 2.65. The standard InChI is InChI=1S/C22H41N3O5/c1-7-9-10-11-12-13-14-15-16-18(26)23-20(24-21(28)30-22(3,4)5)25(6)17-19(27)29-8-2/h7-17H2,1-6H3,(H,23,24,26,28)/i6D3. The van der Waals surface area contributed by atoms with Crippen LogP contribution in [0.1, 0.15) is 96.5 Å². The predicted octanol–water partition coefficient (Wildman–Crippen LogP) is 4.42. The SMILES string of the molecule is [2H]C([2H])([2H])N(CC(=O)OCC)C(=NC(=O)OC(C)(C)C)NC(=O)CCCCCCCCCC. The highest BCUT2D eigenvalue weighted by molar-refractivity contribution is 6.01. The second-order valence-corrected chi connectivity index (χ2v) is 8.08. The highest BCUT2D eigenvalue weighted by Crippen LogP contribution is 2.10. The van der Waals surface area contributed by atoms with Gasteiger partial charge in [-0.3, -0.25) is 14.9 Å². The van der Waals surface area contributed by atoms with Gasteiger partial charge in [0, 0.05) is 17.5 Å². The number of nitrogens with one attached hydrogen (secondary N) is 1. The Hall–Kier alpha value is -2.12. The van der Waals surface area contributed by atoms with Crippen LogP contribution in [0.3, 0.4) is 0 Å². The molecule has 0 bridgehead atoms. The molecular formula is C22H41N3O5. The van der Waals surface area contributed by atoms with Crippen molar-refractivity contribution in [1.29, 1.82) is 0 Å². The van der Waals surface area contributed by atoms with E-state index in [1.807, 2.05) is 0 Å². The summed E-state index contributed by atoms with van der Waals surface area (Å²) in [4.78, 5) is 40.8. The fraction of sp³-hybridized carbons (Fsp3) is 0.818. The second-order valence-electron chi connectivity index (χ2n) is 8.08. The number of amides is 2. The molecule has 0 aliphatic rings. The zero-order valence-corrected chi connectivity index (χ0v) is 19.2. The van der Waals surface area contributed by atoms with E-state index in [2.05, 4.69) is 17.2 Å². The van der Waals surface area contributed by atoms with E-state index in [1.165, 1.54) is 25.7 Å². The summed E-state index contributed by atoms with van der Waals surface area (Å²) in [5.74, 6) is -1.90. The first-order valence-electron chi connectivity index (χ1n) is 12.3. The fourth-order valence-corrected chi connectivity index (χ4v) is 2.54. The van der Waals surface area contributed by atoms with Gasteiger partial charge in [0.25, 0.3) is 0 Å². The van der Waals surface area contributed by atoms with Crippen molar-refractivity contribution >= 4 is 23.9 Å². The lowest BCUT2D eigenvalue weighted by atomic mass is 10.1. The molecule has 0 saturated heterocycles. The van der Waals surface area contributed by atoms with Crippen molar-refractivity contribution in [2.24, 2.45) is 4.99 Å². The van der Waals surface area contributed by atoms with Gasteiger partial charge in [0.15, 0.2) is 0 Å². The van der Waals surface area contributed by atoms with Gasteiger partial charge in [0.05, 0.1) is 6.61 Å². The summed E-state index contributed by atoms with van der Waals surface area (Å²) in [6.07, 6.45) is 7.47. The third-order valence-corrected chi connectivity index (χ3v) is 3.95. The van der Waals surface area contributed by atoms with E-state index in [0.717, 1.165) is 19.3 Å². The van der Waals surface area contributed by atoms with E-state index in [9.17, 15) is 14.4 Å². The number of nitrogens with zero attached hydrogens (tertiary/aromatic N) is 2. The molecule has 0 aromatic heterocycles. The minimum Gasteiger partial charge on any atom is -0.465 e. The number of likely N-dealkylation sites (N-methyl/N-ethyl adjacent to an activating group) is 1. The molecule has 30 heavy (non-hydrogen) atoms. The summed E-state index contributed by atoms with van der Waals surface area (Å²) in [7, 11) is 0. The summed E-state index contributed by atoms with van der Waals surface area (Å²) in [6, 6.07) is 0. The minimum atomic E-state index is -2.86. The largest absolute Gasteiger partial charge is 0.465 e. The molecule has 1 N–H and O–H groups in total. The van der Waals surface area contributed by atoms with Crippen molar-refractivity contribution in [2.75, 3.05) is 20.1 Å².